The maximum atomic E-state index is 12.6. The lowest BCUT2D eigenvalue weighted by atomic mass is 9.91. The molecule has 0 saturated carbocycles. The molecule has 1 fully saturated rings. The minimum absolute atomic E-state index is 0.203. The van der Waals surface area contributed by atoms with Crippen LogP contribution in [0.1, 0.15) is 65.5 Å². The minimum Gasteiger partial charge on any atom is -0.364 e. The standard InChI is InChI=1S/C24H35N7O.C3H6/c1-16-27-20(15-29(5)21-10-6-8-18-9-7-12-26-22(18)21)23(24(25)32)31(16)17(2)30-13-11-19(14-30)28(3)4;1-3-2/h7,9,12,19,21H,2,6,8,10-11,13-15H2,1,3-5H3,(H2,25,32);3H,1H2,2H3/t19?,21-;/m0./s1. The van der Waals surface area contributed by atoms with Gasteiger partial charge in [-0.15, -0.1) is 6.58 Å². The van der Waals surface area contributed by atoms with E-state index in [4.69, 9.17) is 10.7 Å². The molecule has 190 valence electrons. The second-order valence-electron chi connectivity index (χ2n) is 9.70. The summed E-state index contributed by atoms with van der Waals surface area (Å²) < 4.78 is 1.84. The maximum absolute atomic E-state index is 12.6. The smallest absolute Gasteiger partial charge is 0.267 e. The predicted octanol–water partition coefficient (Wildman–Crippen LogP) is 3.45. The second kappa shape index (κ2) is 11.6. The first-order chi connectivity index (χ1) is 16.7. The molecule has 1 saturated heterocycles. The average Bonchev–Trinajstić information content (AvgIpc) is 3.44. The molecule has 0 spiro atoms. The lowest BCUT2D eigenvalue weighted by Gasteiger charge is -2.32. The summed E-state index contributed by atoms with van der Waals surface area (Å²) in [6.07, 6.45) is 7.91. The number of primary amides is 1. The molecule has 3 heterocycles. The Morgan fingerprint density at radius 1 is 1.31 bits per heavy atom. The first kappa shape index (κ1) is 26.6. The van der Waals surface area contributed by atoms with Gasteiger partial charge in [0.25, 0.3) is 5.91 Å². The first-order valence-electron chi connectivity index (χ1n) is 12.4. The van der Waals surface area contributed by atoms with Crippen LogP contribution < -0.4 is 5.73 Å². The zero-order valence-corrected chi connectivity index (χ0v) is 22.0. The van der Waals surface area contributed by atoms with E-state index in [-0.39, 0.29) is 6.04 Å². The normalized spacial score (nSPS) is 19.3. The van der Waals surface area contributed by atoms with E-state index < -0.39 is 5.91 Å². The number of nitrogens with two attached hydrogens (primary N) is 1. The van der Waals surface area contributed by atoms with E-state index >= 15 is 0 Å². The topological polar surface area (TPSA) is 83.5 Å². The van der Waals surface area contributed by atoms with E-state index in [0.29, 0.717) is 24.0 Å². The first-order valence-corrected chi connectivity index (χ1v) is 12.4. The Morgan fingerprint density at radius 2 is 2.03 bits per heavy atom. The number of carbonyl (C=O) groups excluding carboxylic acids is 1. The van der Waals surface area contributed by atoms with Crippen molar-refractivity contribution in [1.29, 1.82) is 0 Å². The number of amides is 1. The Kier molecular flexibility index (Phi) is 8.86. The van der Waals surface area contributed by atoms with E-state index in [2.05, 4.69) is 60.1 Å². The molecule has 0 aromatic carbocycles. The van der Waals surface area contributed by atoms with Gasteiger partial charge in [0.1, 0.15) is 17.3 Å². The fourth-order valence-electron chi connectivity index (χ4n) is 5.17. The van der Waals surface area contributed by atoms with Crippen molar-refractivity contribution in [2.75, 3.05) is 34.2 Å². The fraction of sp³-hybridized carbons (Fsp3) is 0.519. The Hall–Kier alpha value is -2.97. The number of nitrogens with zero attached hydrogens (tertiary/aromatic N) is 6. The third kappa shape index (κ3) is 5.82. The van der Waals surface area contributed by atoms with Crippen molar-refractivity contribution < 1.29 is 4.79 Å². The van der Waals surface area contributed by atoms with Crippen molar-refractivity contribution in [1.82, 2.24) is 29.2 Å². The molecule has 1 unspecified atom stereocenters. The molecule has 2 aliphatic rings. The molecule has 4 rings (SSSR count). The SMILES string of the molecule is C=C(N1CCC(N(C)C)C1)n1c(C)nc(CN(C)[C@H]2CCCc3cccnc32)c1C(N)=O.C=CC. The van der Waals surface area contributed by atoms with Gasteiger partial charge in [-0.1, -0.05) is 18.7 Å². The number of likely N-dealkylation sites (N-methyl/N-ethyl adjacent to an activating group) is 1. The van der Waals surface area contributed by atoms with E-state index in [1.165, 1.54) is 5.56 Å². The van der Waals surface area contributed by atoms with Crippen LogP contribution in [0.4, 0.5) is 0 Å². The van der Waals surface area contributed by atoms with E-state index in [0.717, 1.165) is 56.1 Å². The van der Waals surface area contributed by atoms with Crippen LogP contribution in [0, 0.1) is 6.92 Å². The van der Waals surface area contributed by atoms with Crippen molar-refractivity contribution >= 4 is 11.7 Å². The summed E-state index contributed by atoms with van der Waals surface area (Å²) >= 11 is 0. The van der Waals surface area contributed by atoms with Gasteiger partial charge in [0, 0.05) is 31.9 Å². The van der Waals surface area contributed by atoms with Gasteiger partial charge in [-0.2, -0.15) is 0 Å². The monoisotopic (exact) mass is 479 g/mol. The number of imidazole rings is 1. The van der Waals surface area contributed by atoms with Gasteiger partial charge in [0.05, 0.1) is 17.4 Å². The van der Waals surface area contributed by atoms with Crippen molar-refractivity contribution in [2.24, 2.45) is 5.73 Å². The Balaban J connectivity index is 0.00000108. The van der Waals surface area contributed by atoms with Crippen LogP contribution >= 0.6 is 0 Å². The molecule has 0 radical (unpaired) electrons. The summed E-state index contributed by atoms with van der Waals surface area (Å²) in [5, 5.41) is 0. The fourth-order valence-corrected chi connectivity index (χ4v) is 5.17. The zero-order chi connectivity index (χ0) is 25.7. The van der Waals surface area contributed by atoms with Crippen LogP contribution in [0.5, 0.6) is 0 Å². The number of aryl methyl sites for hydroxylation is 2. The molecule has 2 aromatic heterocycles. The van der Waals surface area contributed by atoms with Gasteiger partial charge in [-0.05, 0) is 72.3 Å². The molecule has 1 aliphatic heterocycles. The third-order valence-electron chi connectivity index (χ3n) is 6.96. The third-order valence-corrected chi connectivity index (χ3v) is 6.96. The van der Waals surface area contributed by atoms with Gasteiger partial charge in [-0.3, -0.25) is 19.2 Å². The molecule has 1 aliphatic carbocycles. The molecule has 35 heavy (non-hydrogen) atoms. The molecule has 0 bridgehead atoms. The van der Waals surface area contributed by atoms with Crippen LogP contribution in [-0.4, -0.2) is 75.4 Å². The quantitative estimate of drug-likeness (QED) is 0.613. The van der Waals surface area contributed by atoms with Crippen LogP contribution in [0.15, 0.2) is 37.6 Å². The van der Waals surface area contributed by atoms with Gasteiger partial charge in [-0.25, -0.2) is 4.98 Å². The van der Waals surface area contributed by atoms with Gasteiger partial charge >= 0.3 is 0 Å². The summed E-state index contributed by atoms with van der Waals surface area (Å²) in [4.78, 5) is 28.7. The van der Waals surface area contributed by atoms with E-state index in [1.54, 1.807) is 6.08 Å². The molecule has 2 aromatic rings. The summed E-state index contributed by atoms with van der Waals surface area (Å²) in [6, 6.07) is 4.84. The van der Waals surface area contributed by atoms with Crippen molar-refractivity contribution in [3.05, 3.63) is 66.0 Å². The van der Waals surface area contributed by atoms with Crippen LogP contribution in [0.2, 0.25) is 0 Å². The number of carbonyl (C=O) groups is 1. The van der Waals surface area contributed by atoms with Gasteiger partial charge in [0.15, 0.2) is 0 Å². The van der Waals surface area contributed by atoms with Crippen molar-refractivity contribution in [3.63, 3.8) is 0 Å². The summed E-state index contributed by atoms with van der Waals surface area (Å²) in [5.74, 6) is 1.04. The molecular weight excluding hydrogens is 438 g/mol. The highest BCUT2D eigenvalue weighted by atomic mass is 16.1. The highest BCUT2D eigenvalue weighted by Crippen LogP contribution is 2.33. The molecule has 2 atom stereocenters. The molecule has 8 heteroatoms. The van der Waals surface area contributed by atoms with E-state index in [1.807, 2.05) is 30.7 Å². The van der Waals surface area contributed by atoms with E-state index in [9.17, 15) is 4.79 Å². The van der Waals surface area contributed by atoms with Gasteiger partial charge < -0.3 is 15.5 Å². The lowest BCUT2D eigenvalue weighted by Crippen LogP contribution is -2.33. The molecule has 8 nitrogen and oxygen atoms in total. The van der Waals surface area contributed by atoms with Gasteiger partial charge in [0.2, 0.25) is 0 Å². The number of hydrogen-bond donors (Lipinski definition) is 1. The summed E-state index contributed by atoms with van der Waals surface area (Å²) in [5.41, 5.74) is 9.45. The number of fused-ring (bicyclic) bond motifs is 1. The summed E-state index contributed by atoms with van der Waals surface area (Å²) in [6.45, 7) is 13.8. The predicted molar refractivity (Wildman–Crippen MR) is 142 cm³/mol. The number of pyridine rings is 1. The van der Waals surface area contributed by atoms with Crippen LogP contribution in [-0.2, 0) is 13.0 Å². The van der Waals surface area contributed by atoms with Crippen molar-refractivity contribution in [2.45, 2.75) is 58.2 Å². The summed E-state index contributed by atoms with van der Waals surface area (Å²) in [7, 11) is 6.27. The largest absolute Gasteiger partial charge is 0.364 e. The Labute approximate surface area is 210 Å². The number of aromatic nitrogens is 3. The maximum Gasteiger partial charge on any atom is 0.267 e. The number of allylic oxidation sites excluding steroid dienone is 1. The van der Waals surface area contributed by atoms with Crippen LogP contribution in [0.25, 0.3) is 5.82 Å². The number of hydrogen-bond acceptors (Lipinski definition) is 6. The highest BCUT2D eigenvalue weighted by Gasteiger charge is 2.31. The molecular formula is C27H41N7O. The molecule has 2 N–H and O–H groups in total. The average molecular weight is 480 g/mol. The molecule has 1 amide bonds. The number of likely N-dealkylation sites (tertiary alicyclic amines) is 1. The Bertz CT molecular complexity index is 1060. The Morgan fingerprint density at radius 3 is 2.66 bits per heavy atom. The zero-order valence-electron chi connectivity index (χ0n) is 22.0. The number of rotatable bonds is 7. The lowest BCUT2D eigenvalue weighted by molar-refractivity contribution is 0.0990. The van der Waals surface area contributed by atoms with Crippen LogP contribution in [0.3, 0.4) is 0 Å². The second-order valence-corrected chi connectivity index (χ2v) is 9.70. The van der Waals surface area contributed by atoms with Crippen molar-refractivity contribution in [3.8, 4) is 0 Å². The minimum atomic E-state index is -0.472. The highest BCUT2D eigenvalue weighted by molar-refractivity contribution is 5.93.